The normalized spacial score (nSPS) is 10.8. The fourth-order valence-electron chi connectivity index (χ4n) is 1.68. The molecule has 17 heavy (non-hydrogen) atoms. The Morgan fingerprint density at radius 1 is 1.12 bits per heavy atom. The average molecular weight is 227 g/mol. The van der Waals surface area contributed by atoms with Gasteiger partial charge in [-0.25, -0.2) is 15.0 Å². The number of nitrogens with zero attached hydrogens (tertiary/aromatic N) is 4. The Kier molecular flexibility index (Phi) is 1.94. The quantitative estimate of drug-likeness (QED) is 0.612. The van der Waals surface area contributed by atoms with Gasteiger partial charge in [0.25, 0.3) is 0 Å². The third-order valence-electron chi connectivity index (χ3n) is 2.47. The number of rotatable bonds is 1. The number of fused-ring (bicyclic) bond motifs is 1. The highest BCUT2D eigenvalue weighted by Crippen LogP contribution is 2.25. The fourth-order valence-corrected chi connectivity index (χ4v) is 1.68. The Hall–Kier alpha value is -2.63. The molecule has 0 bridgehead atoms. The number of anilines is 1. The van der Waals surface area contributed by atoms with Crippen LogP contribution in [0.3, 0.4) is 0 Å². The molecular formula is C11H9N5O. The van der Waals surface area contributed by atoms with E-state index in [4.69, 9.17) is 5.73 Å². The van der Waals surface area contributed by atoms with Gasteiger partial charge in [0.2, 0.25) is 0 Å². The Morgan fingerprint density at radius 2 is 1.88 bits per heavy atom. The van der Waals surface area contributed by atoms with Crippen LogP contribution in [0.5, 0.6) is 0 Å². The van der Waals surface area contributed by atoms with Gasteiger partial charge in [0, 0.05) is 12.4 Å². The van der Waals surface area contributed by atoms with E-state index in [0.717, 1.165) is 4.73 Å². The van der Waals surface area contributed by atoms with Crippen LogP contribution in [0.1, 0.15) is 0 Å². The van der Waals surface area contributed by atoms with E-state index in [2.05, 4.69) is 15.0 Å². The summed E-state index contributed by atoms with van der Waals surface area (Å²) in [5.74, 6) is 0.655. The molecule has 0 saturated carbocycles. The summed E-state index contributed by atoms with van der Waals surface area (Å²) in [6.45, 7) is 0. The van der Waals surface area contributed by atoms with Crippen molar-refractivity contribution < 1.29 is 5.21 Å². The molecule has 0 aliphatic carbocycles. The van der Waals surface area contributed by atoms with Gasteiger partial charge in [-0.2, -0.15) is 0 Å². The highest BCUT2D eigenvalue weighted by molar-refractivity contribution is 5.79. The first-order valence-corrected chi connectivity index (χ1v) is 5.01. The third kappa shape index (κ3) is 1.38. The van der Waals surface area contributed by atoms with Crippen LogP contribution in [0.25, 0.3) is 22.6 Å². The molecule has 0 spiro atoms. The maximum atomic E-state index is 9.98. The monoisotopic (exact) mass is 227 g/mol. The molecule has 6 nitrogen and oxygen atoms in total. The topological polar surface area (TPSA) is 89.9 Å². The Bertz CT molecular complexity index is 691. The first kappa shape index (κ1) is 9.59. The molecule has 3 aromatic heterocycles. The highest BCUT2D eigenvalue weighted by atomic mass is 16.5. The van der Waals surface area contributed by atoms with Gasteiger partial charge >= 0.3 is 0 Å². The van der Waals surface area contributed by atoms with Gasteiger partial charge in [0.15, 0.2) is 11.5 Å². The zero-order valence-electron chi connectivity index (χ0n) is 8.78. The van der Waals surface area contributed by atoms with Crippen molar-refractivity contribution in [3.8, 4) is 11.4 Å². The second-order valence-electron chi connectivity index (χ2n) is 3.53. The predicted octanol–water partition coefficient (Wildman–Crippen LogP) is 1.31. The third-order valence-corrected chi connectivity index (χ3v) is 2.47. The lowest BCUT2D eigenvalue weighted by atomic mass is 10.2. The van der Waals surface area contributed by atoms with E-state index in [1.165, 1.54) is 0 Å². The van der Waals surface area contributed by atoms with Crippen molar-refractivity contribution in [3.63, 3.8) is 0 Å². The second-order valence-corrected chi connectivity index (χ2v) is 3.53. The predicted molar refractivity (Wildman–Crippen MR) is 62.4 cm³/mol. The number of pyridine rings is 2. The first-order chi connectivity index (χ1) is 8.27. The number of hydrogen-bond acceptors (Lipinski definition) is 5. The van der Waals surface area contributed by atoms with Crippen molar-refractivity contribution in [2.24, 2.45) is 0 Å². The SMILES string of the molecule is Nc1ncccc1-c1nc2cccnc2n1O. The van der Waals surface area contributed by atoms with E-state index in [-0.39, 0.29) is 0 Å². The molecule has 0 aromatic carbocycles. The Morgan fingerprint density at radius 3 is 2.65 bits per heavy atom. The van der Waals surface area contributed by atoms with Crippen molar-refractivity contribution in [2.75, 3.05) is 5.73 Å². The summed E-state index contributed by atoms with van der Waals surface area (Å²) in [5, 5.41) is 9.98. The van der Waals surface area contributed by atoms with Gasteiger partial charge < -0.3 is 10.9 Å². The molecule has 0 aliphatic rings. The van der Waals surface area contributed by atoms with Crippen LogP contribution in [-0.4, -0.2) is 24.9 Å². The molecule has 0 aliphatic heterocycles. The van der Waals surface area contributed by atoms with Crippen molar-refractivity contribution in [3.05, 3.63) is 36.7 Å². The Balaban J connectivity index is 2.32. The highest BCUT2D eigenvalue weighted by Gasteiger charge is 2.14. The number of nitrogen functional groups attached to an aromatic ring is 1. The summed E-state index contributed by atoms with van der Waals surface area (Å²) >= 11 is 0. The van der Waals surface area contributed by atoms with Gasteiger partial charge in [-0.3, -0.25) is 0 Å². The standard InChI is InChI=1S/C11H9N5O/c12-9-7(3-1-5-13-9)10-15-8-4-2-6-14-11(8)16(10)17/h1-6,17H,(H2,12,13). The maximum absolute atomic E-state index is 9.98. The lowest BCUT2D eigenvalue weighted by Gasteiger charge is -2.02. The molecule has 6 heteroatoms. The number of nitrogens with two attached hydrogens (primary N) is 1. The van der Waals surface area contributed by atoms with Crippen LogP contribution in [0.4, 0.5) is 5.82 Å². The molecule has 0 radical (unpaired) electrons. The first-order valence-electron chi connectivity index (χ1n) is 5.01. The summed E-state index contributed by atoms with van der Waals surface area (Å²) in [7, 11) is 0. The molecule has 0 unspecified atom stereocenters. The van der Waals surface area contributed by atoms with Crippen LogP contribution in [-0.2, 0) is 0 Å². The van der Waals surface area contributed by atoms with E-state index in [0.29, 0.717) is 28.4 Å². The molecule has 84 valence electrons. The van der Waals surface area contributed by atoms with Gasteiger partial charge in [0.05, 0.1) is 5.56 Å². The van der Waals surface area contributed by atoms with Crippen LogP contribution in [0, 0.1) is 0 Å². The number of aromatic nitrogens is 4. The fraction of sp³-hybridized carbons (Fsp3) is 0. The molecule has 3 rings (SSSR count). The van der Waals surface area contributed by atoms with E-state index in [1.807, 2.05) is 0 Å². The van der Waals surface area contributed by atoms with Crippen LogP contribution < -0.4 is 5.73 Å². The summed E-state index contributed by atoms with van der Waals surface area (Å²) in [4.78, 5) is 12.3. The summed E-state index contributed by atoms with van der Waals surface area (Å²) in [6.07, 6.45) is 3.18. The zero-order chi connectivity index (χ0) is 11.8. The summed E-state index contributed by atoms with van der Waals surface area (Å²) < 4.78 is 0.919. The average Bonchev–Trinajstić information content (AvgIpc) is 2.68. The van der Waals surface area contributed by atoms with E-state index >= 15 is 0 Å². The lowest BCUT2D eigenvalue weighted by molar-refractivity contribution is 0.201. The number of imidazole rings is 1. The van der Waals surface area contributed by atoms with Crippen LogP contribution >= 0.6 is 0 Å². The van der Waals surface area contributed by atoms with Gasteiger partial charge in [0.1, 0.15) is 11.3 Å². The van der Waals surface area contributed by atoms with Crippen LogP contribution in [0.15, 0.2) is 36.7 Å². The van der Waals surface area contributed by atoms with Crippen molar-refractivity contribution in [1.29, 1.82) is 0 Å². The minimum Gasteiger partial charge on any atom is -0.425 e. The summed E-state index contributed by atoms with van der Waals surface area (Å²) in [5.41, 5.74) is 7.32. The second kappa shape index (κ2) is 3.44. The smallest absolute Gasteiger partial charge is 0.196 e. The minimum atomic E-state index is 0.318. The Labute approximate surface area is 96.3 Å². The van der Waals surface area contributed by atoms with E-state index < -0.39 is 0 Å². The molecule has 0 saturated heterocycles. The van der Waals surface area contributed by atoms with Gasteiger partial charge in [-0.05, 0) is 24.3 Å². The molecule has 0 atom stereocenters. The molecular weight excluding hydrogens is 218 g/mol. The van der Waals surface area contributed by atoms with Gasteiger partial charge in [-0.15, -0.1) is 4.73 Å². The van der Waals surface area contributed by atoms with Crippen molar-refractivity contribution in [1.82, 2.24) is 19.7 Å². The van der Waals surface area contributed by atoms with Crippen molar-refractivity contribution in [2.45, 2.75) is 0 Å². The molecule has 3 heterocycles. The van der Waals surface area contributed by atoms with Crippen molar-refractivity contribution >= 4 is 17.0 Å². The molecule has 0 amide bonds. The number of hydrogen-bond donors (Lipinski definition) is 2. The summed E-state index contributed by atoms with van der Waals surface area (Å²) in [6, 6.07) is 7.01. The maximum Gasteiger partial charge on any atom is 0.196 e. The molecule has 3 aromatic rings. The van der Waals surface area contributed by atoms with Gasteiger partial charge in [-0.1, -0.05) is 0 Å². The minimum absolute atomic E-state index is 0.318. The van der Waals surface area contributed by atoms with E-state index in [9.17, 15) is 5.21 Å². The van der Waals surface area contributed by atoms with E-state index in [1.54, 1.807) is 36.7 Å². The zero-order valence-corrected chi connectivity index (χ0v) is 8.78. The molecule has 0 fully saturated rings. The largest absolute Gasteiger partial charge is 0.425 e. The van der Waals surface area contributed by atoms with Crippen LogP contribution in [0.2, 0.25) is 0 Å². The molecule has 3 N–H and O–H groups in total. The lowest BCUT2D eigenvalue weighted by Crippen LogP contribution is -1.99.